The van der Waals surface area contributed by atoms with Crippen molar-refractivity contribution in [2.24, 2.45) is 5.73 Å². The number of nitro benzene ring substituents is 1. The van der Waals surface area contributed by atoms with Gasteiger partial charge in [0.05, 0.1) is 16.9 Å². The van der Waals surface area contributed by atoms with E-state index in [0.717, 1.165) is 36.0 Å². The summed E-state index contributed by atoms with van der Waals surface area (Å²) >= 11 is 1.01. The summed E-state index contributed by atoms with van der Waals surface area (Å²) in [6.45, 7) is 3.44. The van der Waals surface area contributed by atoms with Crippen molar-refractivity contribution in [1.82, 2.24) is 0 Å². The maximum Gasteiger partial charge on any atom is 0.323 e. The monoisotopic (exact) mass is 377 g/mol. The van der Waals surface area contributed by atoms with Crippen LogP contribution in [-0.2, 0) is 19.6 Å². The highest BCUT2D eigenvalue weighted by atomic mass is 32.2. The first kappa shape index (κ1) is 21.6. The van der Waals surface area contributed by atoms with Crippen LogP contribution in [0.1, 0.15) is 0 Å². The number of nitro groups is 1. The number of nitrogens with zero attached hydrogens (tertiary/aromatic N) is 1. The van der Waals surface area contributed by atoms with Crippen molar-refractivity contribution < 1.29 is 32.8 Å². The third-order valence-electron chi connectivity index (χ3n) is 2.25. The lowest BCUT2D eigenvalue weighted by Crippen LogP contribution is -2.44. The Morgan fingerprint density at radius 2 is 1.96 bits per heavy atom. The van der Waals surface area contributed by atoms with E-state index in [1.165, 1.54) is 13.2 Å². The van der Waals surface area contributed by atoms with Crippen molar-refractivity contribution in [3.63, 3.8) is 0 Å². The largest absolute Gasteiger partial charge is 0.744 e. The highest BCUT2D eigenvalue weighted by Crippen LogP contribution is 2.15. The second-order valence-electron chi connectivity index (χ2n) is 3.90. The molecule has 4 N–H and O–H groups in total. The molecule has 24 heavy (non-hydrogen) atoms. The number of thioether (sulfide) groups is 1. The quantitative estimate of drug-likeness (QED) is 0.124. The molecule has 1 aromatic rings. The molecule has 0 aliphatic rings. The summed E-state index contributed by atoms with van der Waals surface area (Å²) in [4.78, 5) is 19.8. The maximum absolute atomic E-state index is 10.8. The Balaban J connectivity index is 0.000000449. The van der Waals surface area contributed by atoms with Crippen molar-refractivity contribution in [1.29, 1.82) is 0 Å². The predicted molar refractivity (Wildman–Crippen MR) is 85.8 cm³/mol. The van der Waals surface area contributed by atoms with Gasteiger partial charge in [-0.25, -0.2) is 8.42 Å². The summed E-state index contributed by atoms with van der Waals surface area (Å²) in [6, 6.07) is 3.73. The molecule has 1 aromatic carbocycles. The maximum atomic E-state index is 10.8. The van der Waals surface area contributed by atoms with Crippen molar-refractivity contribution in [2.45, 2.75) is 10.1 Å². The first-order chi connectivity index (χ1) is 11.0. The van der Waals surface area contributed by atoms with Gasteiger partial charge in [0.2, 0.25) is 0 Å². The third kappa shape index (κ3) is 7.71. The normalized spacial score (nSPS) is 11.4. The molecule has 12 heteroatoms. The van der Waals surface area contributed by atoms with Crippen LogP contribution >= 0.6 is 11.8 Å². The summed E-state index contributed by atoms with van der Waals surface area (Å²) in [5, 5.41) is 14.9. The van der Waals surface area contributed by atoms with Gasteiger partial charge in [0.15, 0.2) is 0 Å². The molecule has 0 saturated carbocycles. The Hall–Kier alpha value is -2.44. The van der Waals surface area contributed by atoms with Crippen molar-refractivity contribution in [3.8, 4) is 0 Å². The van der Waals surface area contributed by atoms with Gasteiger partial charge in [-0.2, -0.15) is 0 Å². The minimum atomic E-state index is -4.52. The second-order valence-corrected chi connectivity index (χ2v) is 6.50. The van der Waals surface area contributed by atoms with Crippen molar-refractivity contribution in [3.05, 3.63) is 47.0 Å². The Morgan fingerprint density at radius 3 is 2.25 bits per heavy atom. The molecule has 0 radical (unpaired) electrons. The topological polar surface area (TPSA) is 178 Å². The number of carbonyl (C=O) groups excluding carboxylic acids is 1. The minimum Gasteiger partial charge on any atom is -0.744 e. The molecule has 10 nitrogen and oxygen atoms in total. The van der Waals surface area contributed by atoms with Crippen LogP contribution in [-0.4, -0.2) is 41.4 Å². The number of nitrogens with two attached hydrogens (primary N) is 2. The van der Waals surface area contributed by atoms with E-state index in [1.54, 1.807) is 0 Å². The molecule has 0 spiro atoms. The number of non-ortho nitro benzene ring substituents is 1. The molecule has 1 unspecified atom stereocenters. The first-order valence-corrected chi connectivity index (χ1v) is 8.27. The van der Waals surface area contributed by atoms with Crippen molar-refractivity contribution >= 4 is 38.7 Å². The Bertz CT molecular complexity index is 717. The fraction of sp³-hybridized carbons (Fsp3) is 0.167. The number of hydrogen-bond acceptors (Lipinski definition) is 8. The Labute approximate surface area is 142 Å². The van der Waals surface area contributed by atoms with Gasteiger partial charge in [-0.05, 0) is 23.9 Å². The van der Waals surface area contributed by atoms with Crippen LogP contribution in [0.3, 0.4) is 0 Å². The van der Waals surface area contributed by atoms with Crippen LogP contribution < -0.4 is 11.1 Å². The van der Waals surface area contributed by atoms with Crippen LogP contribution in [0.15, 0.2) is 41.8 Å². The molecular weight excluding hydrogens is 362 g/mol. The molecule has 0 fully saturated rings. The Morgan fingerprint density at radius 1 is 1.46 bits per heavy atom. The molecule has 0 heterocycles. The van der Waals surface area contributed by atoms with Gasteiger partial charge < -0.3 is 9.29 Å². The number of esters is 1. The first-order valence-electron chi connectivity index (χ1n) is 5.98. The van der Waals surface area contributed by atoms with Crippen LogP contribution in [0.25, 0.3) is 0 Å². The Kier molecular flexibility index (Phi) is 8.66. The van der Waals surface area contributed by atoms with Crippen LogP contribution in [0.2, 0.25) is 0 Å². The van der Waals surface area contributed by atoms with Gasteiger partial charge in [-0.15, -0.1) is 6.58 Å². The van der Waals surface area contributed by atoms with Gasteiger partial charge >= 0.3 is 11.1 Å². The fourth-order valence-corrected chi connectivity index (χ4v) is 2.24. The lowest BCUT2D eigenvalue weighted by atomic mass is 10.3. The van der Waals surface area contributed by atoms with Crippen LogP contribution in [0.4, 0.5) is 5.69 Å². The summed E-state index contributed by atoms with van der Waals surface area (Å²) in [5.41, 5.74) is 4.91. The van der Waals surface area contributed by atoms with E-state index < -0.39 is 31.2 Å². The molecule has 0 saturated heterocycles. The van der Waals surface area contributed by atoms with E-state index in [9.17, 15) is 27.9 Å². The number of amidine groups is 1. The van der Waals surface area contributed by atoms with Gasteiger partial charge in [-0.1, -0.05) is 6.08 Å². The van der Waals surface area contributed by atoms with E-state index in [0.29, 0.717) is 0 Å². The van der Waals surface area contributed by atoms with Gasteiger partial charge in [0.1, 0.15) is 15.4 Å². The summed E-state index contributed by atoms with van der Waals surface area (Å²) in [6.07, 6.45) is 1.43. The number of hydrogen-bond donors (Lipinski definition) is 2. The molecule has 1 rings (SSSR count). The van der Waals surface area contributed by atoms with E-state index in [-0.39, 0.29) is 10.9 Å². The van der Waals surface area contributed by atoms with Crippen molar-refractivity contribution in [2.75, 3.05) is 7.11 Å². The summed E-state index contributed by atoms with van der Waals surface area (Å²) in [5.74, 6) is -0.404. The lowest BCUT2D eigenvalue weighted by molar-refractivity contribution is -0.384. The molecule has 1 atom stereocenters. The minimum absolute atomic E-state index is 0.125. The average Bonchev–Trinajstić information content (AvgIpc) is 2.51. The predicted octanol–water partition coefficient (Wildman–Crippen LogP) is -0.980. The smallest absolute Gasteiger partial charge is 0.323 e. The summed E-state index contributed by atoms with van der Waals surface area (Å²) < 4.78 is 35.6. The highest BCUT2D eigenvalue weighted by Gasteiger charge is 2.18. The molecule has 0 amide bonds. The zero-order chi connectivity index (χ0) is 18.9. The molecule has 0 bridgehead atoms. The number of methoxy groups -OCH3 is 1. The van der Waals surface area contributed by atoms with Gasteiger partial charge in [0.25, 0.3) is 5.69 Å². The molecule has 0 aromatic heterocycles. The fourth-order valence-electron chi connectivity index (χ4n) is 1.19. The van der Waals surface area contributed by atoms with E-state index in [1.807, 2.05) is 0 Å². The zero-order valence-electron chi connectivity index (χ0n) is 12.4. The lowest BCUT2D eigenvalue weighted by Gasteiger charge is -2.04. The number of ether oxygens (including phenoxy) is 1. The molecule has 132 valence electrons. The standard InChI is InChI=1S/C6H10N2O2S.C6H5NO5S/c1-3-4(5(9)10-2)11-6(7)8;8-7(9)5-1-3-6(4-2-5)13(10,11)12/h3-4H,1H2,2H3,(H3,7,8);1-4H,(H,10,11,12). The van der Waals surface area contributed by atoms with Crippen LogP contribution in [0, 0.1) is 10.1 Å². The molecular formula is C12H15N3O7S2. The number of rotatable bonds is 5. The molecule has 0 aliphatic heterocycles. The molecule has 0 aliphatic carbocycles. The van der Waals surface area contributed by atoms with Gasteiger partial charge in [-0.3, -0.25) is 26.1 Å². The summed E-state index contributed by atoms with van der Waals surface area (Å²) in [7, 11) is -3.22. The van der Waals surface area contributed by atoms with Crippen LogP contribution in [0.5, 0.6) is 0 Å². The zero-order valence-corrected chi connectivity index (χ0v) is 14.1. The van der Waals surface area contributed by atoms with E-state index in [4.69, 9.17) is 11.1 Å². The van der Waals surface area contributed by atoms with E-state index in [2.05, 4.69) is 11.3 Å². The third-order valence-corrected chi connectivity index (χ3v) is 4.01. The highest BCUT2D eigenvalue weighted by molar-refractivity contribution is 8.14. The number of benzene rings is 1. The average molecular weight is 377 g/mol. The second kappa shape index (κ2) is 9.64. The van der Waals surface area contributed by atoms with Gasteiger partial charge in [0, 0.05) is 12.1 Å². The number of carbonyl (C=O) groups is 1. The van der Waals surface area contributed by atoms with E-state index >= 15 is 0 Å². The SMILES string of the molecule is C=CC(SC(N)=[NH2+])C(=O)OC.O=[N+]([O-])c1ccc(S(=O)(=O)[O-])cc1.